The average Bonchev–Trinajstić information content (AvgIpc) is 2.46. The highest BCUT2D eigenvalue weighted by atomic mass is 16.7. The van der Waals surface area contributed by atoms with E-state index < -0.39 is 24.3 Å². The number of ether oxygens (including phenoxy) is 2. The molecule has 7 heteroatoms. The molecule has 140 valence electrons. The van der Waals surface area contributed by atoms with Gasteiger partial charge in [-0.15, -0.1) is 0 Å². The molecular weight excluding hydrogens is 314 g/mol. The Balaban J connectivity index is 4.53. The average molecular weight is 345 g/mol. The van der Waals surface area contributed by atoms with Crippen molar-refractivity contribution in [2.45, 2.75) is 66.6 Å². The van der Waals surface area contributed by atoms with Gasteiger partial charge in [0.2, 0.25) is 6.29 Å². The van der Waals surface area contributed by atoms with Crippen molar-refractivity contribution in [1.29, 1.82) is 0 Å². The van der Waals surface area contributed by atoms with Gasteiger partial charge >= 0.3 is 18.0 Å². The molecule has 0 aliphatic rings. The minimum absolute atomic E-state index is 0.0165. The molecule has 0 bridgehead atoms. The van der Waals surface area contributed by atoms with Crippen LogP contribution in [0.2, 0.25) is 0 Å². The molecule has 0 radical (unpaired) electrons. The maximum atomic E-state index is 11.7. The number of hydrogen-bond donors (Lipinski definition) is 2. The predicted octanol–water partition coefficient (Wildman–Crippen LogP) is 3.18. The minimum atomic E-state index is -0.985. The van der Waals surface area contributed by atoms with E-state index in [9.17, 15) is 14.4 Å². The van der Waals surface area contributed by atoms with Crippen molar-refractivity contribution in [1.82, 2.24) is 5.32 Å². The first-order valence-electron chi connectivity index (χ1n) is 8.50. The molecule has 0 rings (SSSR count). The molecule has 0 fully saturated rings. The Morgan fingerprint density at radius 1 is 1.12 bits per heavy atom. The van der Waals surface area contributed by atoms with Crippen molar-refractivity contribution >= 4 is 18.0 Å². The fourth-order valence-corrected chi connectivity index (χ4v) is 2.59. The lowest BCUT2D eigenvalue weighted by Crippen LogP contribution is -2.37. The number of rotatable bonds is 11. The van der Waals surface area contributed by atoms with Crippen LogP contribution in [-0.4, -0.2) is 36.0 Å². The van der Waals surface area contributed by atoms with E-state index in [2.05, 4.69) is 19.2 Å². The molecule has 0 aliphatic heterocycles. The molecule has 0 spiro atoms. The van der Waals surface area contributed by atoms with E-state index in [4.69, 9.17) is 14.6 Å². The summed E-state index contributed by atoms with van der Waals surface area (Å²) in [5, 5.41) is 11.7. The summed E-state index contributed by atoms with van der Waals surface area (Å²) in [6.07, 6.45) is 1.49. The normalized spacial score (nSPS) is 15.7. The molecule has 24 heavy (non-hydrogen) atoms. The van der Waals surface area contributed by atoms with Crippen molar-refractivity contribution in [2.24, 2.45) is 17.8 Å². The van der Waals surface area contributed by atoms with E-state index in [0.29, 0.717) is 5.92 Å². The number of nitrogens with one attached hydrogen (secondary N) is 1. The molecular formula is C17H31NO6. The second-order valence-electron chi connectivity index (χ2n) is 6.30. The molecule has 2 N–H and O–H groups in total. The number of unbranched alkanes of at least 4 members (excludes halogenated alkanes) is 1. The number of alkyl carbamates (subject to hydrolysis) is 1. The van der Waals surface area contributed by atoms with Crippen molar-refractivity contribution in [3.05, 3.63) is 0 Å². The molecule has 7 nitrogen and oxygen atoms in total. The van der Waals surface area contributed by atoms with Gasteiger partial charge in [0.15, 0.2) is 0 Å². The lowest BCUT2D eigenvalue weighted by atomic mass is 9.79. The van der Waals surface area contributed by atoms with Crippen LogP contribution in [0.25, 0.3) is 0 Å². The van der Waals surface area contributed by atoms with Gasteiger partial charge in [0.05, 0.1) is 6.42 Å². The Kier molecular flexibility index (Phi) is 10.8. The summed E-state index contributed by atoms with van der Waals surface area (Å²) in [6.45, 7) is 9.10. The van der Waals surface area contributed by atoms with Gasteiger partial charge in [0.1, 0.15) is 0 Å². The summed E-state index contributed by atoms with van der Waals surface area (Å²) in [5.74, 6) is -1.10. The van der Waals surface area contributed by atoms with Crippen LogP contribution in [0, 0.1) is 17.8 Å². The number of amides is 1. The first-order valence-corrected chi connectivity index (χ1v) is 8.50. The van der Waals surface area contributed by atoms with E-state index in [1.807, 2.05) is 6.92 Å². The van der Waals surface area contributed by atoms with Gasteiger partial charge in [0, 0.05) is 20.4 Å². The quantitative estimate of drug-likeness (QED) is 0.440. The molecule has 0 heterocycles. The summed E-state index contributed by atoms with van der Waals surface area (Å²) in [4.78, 5) is 33.6. The summed E-state index contributed by atoms with van der Waals surface area (Å²) in [6, 6.07) is 0. The Hall–Kier alpha value is -1.79. The lowest BCUT2D eigenvalue weighted by Gasteiger charge is -2.28. The first kappa shape index (κ1) is 22.2. The maximum absolute atomic E-state index is 11.7. The van der Waals surface area contributed by atoms with Gasteiger partial charge in [-0.05, 0) is 17.8 Å². The van der Waals surface area contributed by atoms with Crippen LogP contribution in [0.1, 0.15) is 60.3 Å². The van der Waals surface area contributed by atoms with Gasteiger partial charge < -0.3 is 19.9 Å². The number of esters is 1. The summed E-state index contributed by atoms with van der Waals surface area (Å²) < 4.78 is 9.59. The highest BCUT2D eigenvalue weighted by Gasteiger charge is 2.25. The SMILES string of the molecule is CCCC[C@@H](C)[C@@H](C)[C@H](CNC(=O)O[C@H](C)OC(C)=O)CC(=O)O. The number of hydrogen-bond acceptors (Lipinski definition) is 5. The lowest BCUT2D eigenvalue weighted by molar-refractivity contribution is -0.162. The molecule has 0 aromatic carbocycles. The fourth-order valence-electron chi connectivity index (χ4n) is 2.59. The minimum Gasteiger partial charge on any atom is -0.481 e. The largest absolute Gasteiger partial charge is 0.481 e. The molecule has 0 unspecified atom stereocenters. The highest BCUT2D eigenvalue weighted by Crippen LogP contribution is 2.27. The van der Waals surface area contributed by atoms with Crippen LogP contribution in [0.5, 0.6) is 0 Å². The first-order chi connectivity index (χ1) is 11.2. The van der Waals surface area contributed by atoms with E-state index in [1.165, 1.54) is 13.8 Å². The summed E-state index contributed by atoms with van der Waals surface area (Å²) in [5.41, 5.74) is 0. The number of carbonyl (C=O) groups excluding carboxylic acids is 2. The fraction of sp³-hybridized carbons (Fsp3) is 0.824. The third-order valence-corrected chi connectivity index (χ3v) is 4.20. The Morgan fingerprint density at radius 3 is 2.25 bits per heavy atom. The predicted molar refractivity (Wildman–Crippen MR) is 89.3 cm³/mol. The molecule has 0 aliphatic carbocycles. The van der Waals surface area contributed by atoms with Crippen LogP contribution >= 0.6 is 0 Å². The van der Waals surface area contributed by atoms with Crippen molar-refractivity contribution in [2.75, 3.05) is 6.54 Å². The van der Waals surface area contributed by atoms with E-state index in [-0.39, 0.29) is 24.8 Å². The van der Waals surface area contributed by atoms with Crippen molar-refractivity contribution in [3.8, 4) is 0 Å². The van der Waals surface area contributed by atoms with E-state index in [0.717, 1.165) is 19.3 Å². The van der Waals surface area contributed by atoms with Crippen LogP contribution in [-0.2, 0) is 19.1 Å². The maximum Gasteiger partial charge on any atom is 0.410 e. The third kappa shape index (κ3) is 10.1. The third-order valence-electron chi connectivity index (χ3n) is 4.20. The molecule has 0 aromatic rings. The number of carbonyl (C=O) groups is 3. The van der Waals surface area contributed by atoms with Gasteiger partial charge in [-0.25, -0.2) is 4.79 Å². The summed E-state index contributed by atoms with van der Waals surface area (Å²) >= 11 is 0. The highest BCUT2D eigenvalue weighted by molar-refractivity contribution is 5.69. The molecule has 0 aromatic heterocycles. The smallest absolute Gasteiger partial charge is 0.410 e. The van der Waals surface area contributed by atoms with Gasteiger partial charge in [-0.1, -0.05) is 40.0 Å². The number of carboxylic acid groups (broad SMARTS) is 1. The van der Waals surface area contributed by atoms with Gasteiger partial charge in [0.25, 0.3) is 0 Å². The van der Waals surface area contributed by atoms with Crippen LogP contribution in [0.4, 0.5) is 4.79 Å². The van der Waals surface area contributed by atoms with Crippen molar-refractivity contribution < 1.29 is 29.0 Å². The van der Waals surface area contributed by atoms with Gasteiger partial charge in [-0.3, -0.25) is 9.59 Å². The van der Waals surface area contributed by atoms with Crippen LogP contribution in [0.3, 0.4) is 0 Å². The van der Waals surface area contributed by atoms with Crippen molar-refractivity contribution in [3.63, 3.8) is 0 Å². The molecule has 0 saturated carbocycles. The molecule has 0 saturated heterocycles. The molecule has 1 amide bonds. The zero-order valence-electron chi connectivity index (χ0n) is 15.3. The van der Waals surface area contributed by atoms with E-state index in [1.54, 1.807) is 0 Å². The Bertz CT molecular complexity index is 412. The number of carboxylic acids is 1. The number of aliphatic carboxylic acids is 1. The van der Waals surface area contributed by atoms with Gasteiger partial charge in [-0.2, -0.15) is 0 Å². The monoisotopic (exact) mass is 345 g/mol. The summed E-state index contributed by atoms with van der Waals surface area (Å²) in [7, 11) is 0. The standard InChI is InChI=1S/C17H31NO6/c1-6-7-8-11(2)12(3)15(9-16(20)21)10-18-17(22)24-14(5)23-13(4)19/h11-12,14-15H,6-10H2,1-5H3,(H,18,22)(H,20,21)/t11-,12-,14-,15+/m1/s1. The Morgan fingerprint density at radius 2 is 1.75 bits per heavy atom. The zero-order chi connectivity index (χ0) is 18.7. The van der Waals surface area contributed by atoms with Crippen LogP contribution in [0.15, 0.2) is 0 Å². The second kappa shape index (κ2) is 11.7. The van der Waals surface area contributed by atoms with Crippen LogP contribution < -0.4 is 5.32 Å². The molecule has 4 atom stereocenters. The zero-order valence-corrected chi connectivity index (χ0v) is 15.3. The topological polar surface area (TPSA) is 102 Å². The van der Waals surface area contributed by atoms with E-state index >= 15 is 0 Å². The second-order valence-corrected chi connectivity index (χ2v) is 6.30. The Labute approximate surface area is 144 Å².